The van der Waals surface area contributed by atoms with E-state index >= 15 is 0 Å². The van der Waals surface area contributed by atoms with Crippen LogP contribution in [0.5, 0.6) is 0 Å². The summed E-state index contributed by atoms with van der Waals surface area (Å²) in [4.78, 5) is 0. The normalized spacial score (nSPS) is 19.9. The summed E-state index contributed by atoms with van der Waals surface area (Å²) in [7, 11) is 0. The molecule has 0 spiro atoms. The van der Waals surface area contributed by atoms with Gasteiger partial charge in [-0.3, -0.25) is 0 Å². The second-order valence-electron chi connectivity index (χ2n) is 14.2. The van der Waals surface area contributed by atoms with Gasteiger partial charge in [-0.05, 0) is 118 Å². The van der Waals surface area contributed by atoms with Crippen molar-refractivity contribution in [2.24, 2.45) is 11.8 Å². The number of hydrogen-bond donors (Lipinski definition) is 0. The first-order valence-corrected chi connectivity index (χ1v) is 18.1. The molecule has 1 heteroatoms. The number of aromatic nitrogens is 1. The summed E-state index contributed by atoms with van der Waals surface area (Å²) in [6.07, 6.45) is 28.4. The fourth-order valence-corrected chi connectivity index (χ4v) is 9.04. The predicted molar refractivity (Wildman–Crippen MR) is 209 cm³/mol. The SMILES string of the molecule is C1=CCCC(C2=CC3CCC(n4c5c(c6c7c(ccc64)cc(-c4cccc(-c6ccccc6)c4)c4ccccc47)C=CCC5)=CC3C=C2)=C1. The van der Waals surface area contributed by atoms with Crippen molar-refractivity contribution in [2.45, 2.75) is 38.5 Å². The van der Waals surface area contributed by atoms with Gasteiger partial charge in [-0.1, -0.05) is 134 Å². The minimum Gasteiger partial charge on any atom is -0.317 e. The summed E-state index contributed by atoms with van der Waals surface area (Å²) in [5, 5.41) is 6.75. The maximum atomic E-state index is 2.66. The highest BCUT2D eigenvalue weighted by Crippen LogP contribution is 2.46. The lowest BCUT2D eigenvalue weighted by molar-refractivity contribution is 0.488. The maximum absolute atomic E-state index is 2.66. The van der Waals surface area contributed by atoms with Crippen molar-refractivity contribution in [1.82, 2.24) is 4.57 Å². The molecule has 5 aromatic carbocycles. The average Bonchev–Trinajstić information content (AvgIpc) is 3.52. The molecule has 4 aliphatic carbocycles. The van der Waals surface area contributed by atoms with Crippen LogP contribution in [0.15, 0.2) is 157 Å². The fraction of sp³-hybridized carbons (Fsp3) is 0.167. The smallest absolute Gasteiger partial charge is 0.0541 e. The van der Waals surface area contributed by atoms with Gasteiger partial charge in [0.15, 0.2) is 0 Å². The van der Waals surface area contributed by atoms with Crippen LogP contribution < -0.4 is 0 Å². The van der Waals surface area contributed by atoms with Crippen LogP contribution in [0, 0.1) is 11.8 Å². The number of nitrogens with zero attached hydrogens (tertiary/aromatic N) is 1. The molecule has 0 aliphatic heterocycles. The minimum absolute atomic E-state index is 0.454. The summed E-state index contributed by atoms with van der Waals surface area (Å²) in [5.41, 5.74) is 13.7. The van der Waals surface area contributed by atoms with E-state index in [-0.39, 0.29) is 0 Å². The number of rotatable bonds is 4. The Morgan fingerprint density at radius 3 is 2.37 bits per heavy atom. The highest BCUT2D eigenvalue weighted by Gasteiger charge is 2.29. The van der Waals surface area contributed by atoms with Crippen molar-refractivity contribution < 1.29 is 0 Å². The molecule has 0 fully saturated rings. The maximum Gasteiger partial charge on any atom is 0.0541 e. The van der Waals surface area contributed by atoms with E-state index in [1.165, 1.54) is 89.2 Å². The third-order valence-electron chi connectivity index (χ3n) is 11.4. The van der Waals surface area contributed by atoms with Gasteiger partial charge in [0, 0.05) is 28.3 Å². The standard InChI is InChI=1S/C48H39N/c1-3-12-32(13-4-1)34-16-11-17-38(29-34)44-31-39-25-27-46-48(47(39)42-19-8-7-18-41(42)44)43-20-9-10-21-45(43)49(46)40-26-24-36-28-35(22-23-37(36)30-40)33-14-5-2-6-15-33/h1-5,7-9,11-14,16-20,22-23,25,27-31,36-37H,6,10,15,21,24,26H2. The van der Waals surface area contributed by atoms with Crippen LogP contribution in [-0.2, 0) is 6.42 Å². The Hall–Kier alpha value is -5.40. The minimum atomic E-state index is 0.454. The molecule has 1 nitrogen and oxygen atoms in total. The molecule has 236 valence electrons. The van der Waals surface area contributed by atoms with Crippen LogP contribution >= 0.6 is 0 Å². The van der Waals surface area contributed by atoms with E-state index in [1.54, 1.807) is 0 Å². The van der Waals surface area contributed by atoms with E-state index in [0.717, 1.165) is 32.1 Å². The van der Waals surface area contributed by atoms with Gasteiger partial charge >= 0.3 is 0 Å². The second kappa shape index (κ2) is 11.6. The third-order valence-corrected chi connectivity index (χ3v) is 11.4. The zero-order valence-electron chi connectivity index (χ0n) is 27.8. The van der Waals surface area contributed by atoms with E-state index in [9.17, 15) is 0 Å². The Morgan fingerprint density at radius 1 is 0.633 bits per heavy atom. The van der Waals surface area contributed by atoms with Crippen molar-refractivity contribution in [3.05, 3.63) is 168 Å². The largest absolute Gasteiger partial charge is 0.317 e. The first kappa shape index (κ1) is 28.6. The van der Waals surface area contributed by atoms with Crippen LogP contribution in [0.25, 0.3) is 66.5 Å². The highest BCUT2D eigenvalue weighted by molar-refractivity contribution is 6.25. The van der Waals surface area contributed by atoms with Gasteiger partial charge in [0.2, 0.25) is 0 Å². The molecule has 0 amide bonds. The molecule has 0 bridgehead atoms. The van der Waals surface area contributed by atoms with Gasteiger partial charge in [0.25, 0.3) is 0 Å². The molecule has 1 aromatic heterocycles. The quantitative estimate of drug-likeness (QED) is 0.171. The molecule has 2 atom stereocenters. The first-order valence-electron chi connectivity index (χ1n) is 18.1. The van der Waals surface area contributed by atoms with Crippen LogP contribution in [0.2, 0.25) is 0 Å². The number of hydrogen-bond acceptors (Lipinski definition) is 0. The molecule has 0 N–H and O–H groups in total. The summed E-state index contributed by atoms with van der Waals surface area (Å²) in [6.45, 7) is 0. The average molecular weight is 630 g/mol. The van der Waals surface area contributed by atoms with Crippen molar-refractivity contribution >= 4 is 44.2 Å². The van der Waals surface area contributed by atoms with Gasteiger partial charge in [0.1, 0.15) is 0 Å². The van der Waals surface area contributed by atoms with E-state index < -0.39 is 0 Å². The van der Waals surface area contributed by atoms with E-state index in [4.69, 9.17) is 0 Å². The molecule has 0 saturated carbocycles. The zero-order valence-corrected chi connectivity index (χ0v) is 27.8. The number of allylic oxidation sites excluding steroid dienone is 11. The van der Waals surface area contributed by atoms with Crippen LogP contribution in [0.1, 0.15) is 43.4 Å². The molecule has 6 aromatic rings. The lowest BCUT2D eigenvalue weighted by atomic mass is 9.76. The lowest BCUT2D eigenvalue weighted by Gasteiger charge is -2.31. The summed E-state index contributed by atoms with van der Waals surface area (Å²) < 4.78 is 2.66. The van der Waals surface area contributed by atoms with E-state index in [1.807, 2.05) is 0 Å². The Kier molecular flexibility index (Phi) is 6.79. The fourth-order valence-electron chi connectivity index (χ4n) is 9.04. The molecule has 0 radical (unpaired) electrons. The van der Waals surface area contributed by atoms with Crippen molar-refractivity contribution in [2.75, 3.05) is 0 Å². The van der Waals surface area contributed by atoms with Crippen molar-refractivity contribution in [3.63, 3.8) is 0 Å². The van der Waals surface area contributed by atoms with E-state index in [2.05, 4.69) is 156 Å². The second-order valence-corrected chi connectivity index (χ2v) is 14.2. The Balaban J connectivity index is 1.13. The molecule has 49 heavy (non-hydrogen) atoms. The van der Waals surface area contributed by atoms with Gasteiger partial charge in [-0.2, -0.15) is 0 Å². The highest BCUT2D eigenvalue weighted by atomic mass is 15.0. The van der Waals surface area contributed by atoms with Gasteiger partial charge in [0.05, 0.1) is 5.52 Å². The van der Waals surface area contributed by atoms with Gasteiger partial charge in [-0.25, -0.2) is 0 Å². The van der Waals surface area contributed by atoms with Crippen LogP contribution in [0.4, 0.5) is 0 Å². The van der Waals surface area contributed by atoms with Crippen molar-refractivity contribution in [3.8, 4) is 22.3 Å². The molecule has 1 heterocycles. The third kappa shape index (κ3) is 4.75. The van der Waals surface area contributed by atoms with Gasteiger partial charge < -0.3 is 4.57 Å². The van der Waals surface area contributed by atoms with Crippen LogP contribution in [0.3, 0.4) is 0 Å². The lowest BCUT2D eigenvalue weighted by Crippen LogP contribution is -2.19. The first-order chi connectivity index (χ1) is 24.3. The number of fused-ring (bicyclic) bond motifs is 8. The Bertz CT molecular complexity index is 2490. The number of benzene rings is 5. The summed E-state index contributed by atoms with van der Waals surface area (Å²) in [6, 6.07) is 36.1. The predicted octanol–water partition coefficient (Wildman–Crippen LogP) is 12.9. The Labute approximate surface area is 288 Å². The Morgan fingerprint density at radius 2 is 1.47 bits per heavy atom. The zero-order chi connectivity index (χ0) is 32.3. The van der Waals surface area contributed by atoms with Crippen LogP contribution in [-0.4, -0.2) is 4.57 Å². The van der Waals surface area contributed by atoms with Gasteiger partial charge in [-0.15, -0.1) is 0 Å². The molecular formula is C48H39N. The van der Waals surface area contributed by atoms with Crippen molar-refractivity contribution in [1.29, 1.82) is 0 Å². The summed E-state index contributed by atoms with van der Waals surface area (Å²) >= 11 is 0. The molecule has 2 unspecified atom stereocenters. The molecule has 0 saturated heterocycles. The topological polar surface area (TPSA) is 4.93 Å². The van der Waals surface area contributed by atoms with E-state index in [0.29, 0.717) is 11.8 Å². The molecular weight excluding hydrogens is 591 g/mol. The monoisotopic (exact) mass is 629 g/mol. The molecule has 10 rings (SSSR count). The molecule has 4 aliphatic rings. The summed E-state index contributed by atoms with van der Waals surface area (Å²) in [5.74, 6) is 1.03.